The van der Waals surface area contributed by atoms with Crippen LogP contribution in [0.25, 0.3) is 0 Å². The van der Waals surface area contributed by atoms with E-state index >= 15 is 0 Å². The largest absolute Gasteiger partial charge is 0.478 e. The summed E-state index contributed by atoms with van der Waals surface area (Å²) in [6.07, 6.45) is 4.55. The number of thioether (sulfide) groups is 1. The summed E-state index contributed by atoms with van der Waals surface area (Å²) >= 11 is 2.02. The molecule has 3 aromatic rings. The van der Waals surface area contributed by atoms with Crippen LogP contribution in [0.2, 0.25) is 0 Å². The van der Waals surface area contributed by atoms with E-state index in [1.807, 2.05) is 23.9 Å². The van der Waals surface area contributed by atoms with Crippen molar-refractivity contribution in [2.45, 2.75) is 35.7 Å². The first-order valence-corrected chi connectivity index (χ1v) is 14.2. The Morgan fingerprint density at radius 2 is 1.41 bits per heavy atom. The van der Waals surface area contributed by atoms with Crippen molar-refractivity contribution in [3.05, 3.63) is 119 Å². The molecule has 6 nitrogen and oxygen atoms in total. The number of carboxylic acid groups (broad SMARTS) is 2. The molecule has 1 unspecified atom stereocenters. The lowest BCUT2D eigenvalue weighted by Gasteiger charge is -2.39. The number of nitrogens with zero attached hydrogens (tertiary/aromatic N) is 1. The zero-order valence-corrected chi connectivity index (χ0v) is 23.2. The fourth-order valence-electron chi connectivity index (χ4n) is 5.29. The van der Waals surface area contributed by atoms with Crippen molar-refractivity contribution in [2.24, 2.45) is 0 Å². The first kappa shape index (κ1) is 30.1. The summed E-state index contributed by atoms with van der Waals surface area (Å²) < 4.78 is 26.6. The van der Waals surface area contributed by atoms with Gasteiger partial charge in [-0.3, -0.25) is 4.79 Å². The van der Waals surface area contributed by atoms with Gasteiger partial charge in [0.2, 0.25) is 0 Å². The second-order valence-electron chi connectivity index (χ2n) is 10.0. The average Bonchev–Trinajstić information content (AvgIpc) is 3.28. The number of hydrogen-bond donors (Lipinski definition) is 2. The molecule has 2 aliphatic rings. The van der Waals surface area contributed by atoms with E-state index in [0.717, 1.165) is 44.5 Å². The lowest BCUT2D eigenvalue weighted by Crippen LogP contribution is -2.40. The van der Waals surface area contributed by atoms with E-state index in [2.05, 4.69) is 29.2 Å². The van der Waals surface area contributed by atoms with E-state index in [-0.39, 0.29) is 27.4 Å². The number of halogens is 2. The summed E-state index contributed by atoms with van der Waals surface area (Å²) in [7, 11) is 0. The van der Waals surface area contributed by atoms with Gasteiger partial charge < -0.3 is 15.1 Å². The van der Waals surface area contributed by atoms with Gasteiger partial charge in [0.15, 0.2) is 5.78 Å². The van der Waals surface area contributed by atoms with Crippen LogP contribution >= 0.6 is 11.8 Å². The van der Waals surface area contributed by atoms with Crippen LogP contribution in [0.5, 0.6) is 0 Å². The quantitative estimate of drug-likeness (QED) is 0.233. The standard InChI is InChI=1S/C28H27F2NOS.C4H4O4/c29-22-11-7-20(8-12-22)26(32)6-3-17-31-18-15-28(16-19-31)25-5-2-1-4-24(25)27(33-28)21-9-13-23(30)14-10-21;5-3(6)1-2-4(7)8/h1-2,4-5,7-14,27H,3,6,15-19H2;1-2H,(H,5,6)(H,7,8)/b;2-1-. The van der Waals surface area contributed by atoms with Gasteiger partial charge in [0.25, 0.3) is 0 Å². The van der Waals surface area contributed by atoms with E-state index in [1.165, 1.54) is 23.3 Å². The predicted octanol–water partition coefficient (Wildman–Crippen LogP) is 6.47. The molecule has 0 aliphatic carbocycles. The number of carbonyl (C=O) groups is 3. The zero-order valence-electron chi connectivity index (χ0n) is 22.3. The molecular weight excluding hydrogens is 548 g/mol. The van der Waals surface area contributed by atoms with Crippen molar-refractivity contribution >= 4 is 29.5 Å². The fraction of sp³-hybridized carbons (Fsp3) is 0.281. The normalized spacial score (nSPS) is 17.6. The molecule has 1 fully saturated rings. The molecule has 9 heteroatoms. The number of likely N-dealkylation sites (tertiary alicyclic amines) is 1. The molecule has 2 heterocycles. The number of fused-ring (bicyclic) bond motifs is 2. The van der Waals surface area contributed by atoms with E-state index in [4.69, 9.17) is 10.2 Å². The van der Waals surface area contributed by atoms with Gasteiger partial charge in [0, 0.05) is 28.9 Å². The Morgan fingerprint density at radius 3 is 2.00 bits per heavy atom. The molecule has 0 radical (unpaired) electrons. The van der Waals surface area contributed by atoms with Gasteiger partial charge >= 0.3 is 11.9 Å². The van der Waals surface area contributed by atoms with Crippen molar-refractivity contribution in [2.75, 3.05) is 19.6 Å². The van der Waals surface area contributed by atoms with Crippen molar-refractivity contribution in [1.29, 1.82) is 0 Å². The number of aliphatic carboxylic acids is 2. The number of Topliss-reactive ketones (excluding diaryl/α,β-unsaturated/α-hetero) is 1. The maximum absolute atomic E-state index is 13.5. The second kappa shape index (κ2) is 13.7. The Labute approximate surface area is 241 Å². The fourth-order valence-corrected chi connectivity index (χ4v) is 7.10. The van der Waals surface area contributed by atoms with E-state index in [1.54, 1.807) is 24.3 Å². The number of rotatable bonds is 8. The highest BCUT2D eigenvalue weighted by Gasteiger charge is 2.46. The smallest absolute Gasteiger partial charge is 0.328 e. The summed E-state index contributed by atoms with van der Waals surface area (Å²) in [6.45, 7) is 2.90. The zero-order chi connectivity index (χ0) is 29.4. The summed E-state index contributed by atoms with van der Waals surface area (Å²) in [5, 5.41) is 15.9. The van der Waals surface area contributed by atoms with E-state index in [0.29, 0.717) is 24.1 Å². The van der Waals surface area contributed by atoms with Crippen LogP contribution in [0.4, 0.5) is 8.78 Å². The van der Waals surface area contributed by atoms with Crippen LogP contribution in [0.1, 0.15) is 58.0 Å². The van der Waals surface area contributed by atoms with Crippen molar-refractivity contribution in [3.8, 4) is 0 Å². The van der Waals surface area contributed by atoms with Gasteiger partial charge in [-0.25, -0.2) is 18.4 Å². The predicted molar refractivity (Wildman–Crippen MR) is 154 cm³/mol. The van der Waals surface area contributed by atoms with Crippen LogP contribution in [-0.4, -0.2) is 52.5 Å². The highest BCUT2D eigenvalue weighted by Crippen LogP contribution is 2.61. The first-order chi connectivity index (χ1) is 19.7. The van der Waals surface area contributed by atoms with Crippen LogP contribution in [-0.2, 0) is 14.3 Å². The molecule has 214 valence electrons. The molecule has 0 amide bonds. The Morgan fingerprint density at radius 1 is 0.854 bits per heavy atom. The highest BCUT2D eigenvalue weighted by atomic mass is 32.2. The number of ketones is 1. The molecule has 5 rings (SSSR count). The minimum atomic E-state index is -1.26. The maximum atomic E-state index is 13.5. The molecule has 41 heavy (non-hydrogen) atoms. The Hall–Kier alpha value is -3.82. The Kier molecular flexibility index (Phi) is 10.1. The van der Waals surface area contributed by atoms with Crippen molar-refractivity contribution < 1.29 is 33.4 Å². The average molecular weight is 580 g/mol. The van der Waals surface area contributed by atoms with Crippen LogP contribution < -0.4 is 0 Å². The summed E-state index contributed by atoms with van der Waals surface area (Å²) in [5.41, 5.74) is 4.52. The van der Waals surface area contributed by atoms with Gasteiger partial charge in [-0.1, -0.05) is 36.4 Å². The van der Waals surface area contributed by atoms with Crippen LogP contribution in [0.15, 0.2) is 84.9 Å². The summed E-state index contributed by atoms with van der Waals surface area (Å²) in [6, 6.07) is 21.5. The molecule has 0 aromatic heterocycles. The first-order valence-electron chi connectivity index (χ1n) is 13.3. The second-order valence-corrected chi connectivity index (χ2v) is 11.5. The highest BCUT2D eigenvalue weighted by molar-refractivity contribution is 8.01. The molecule has 1 spiro atoms. The van der Waals surface area contributed by atoms with Gasteiger partial charge in [-0.05, 0) is 92.0 Å². The lowest BCUT2D eigenvalue weighted by molar-refractivity contribution is -0.134. The molecule has 0 bridgehead atoms. The van der Waals surface area contributed by atoms with E-state index < -0.39 is 11.9 Å². The van der Waals surface area contributed by atoms with Gasteiger partial charge in [0.05, 0.1) is 5.25 Å². The SMILES string of the molecule is O=C(CCCN1CCC2(CC1)SC(c1ccc(F)cc1)c1ccccc12)c1ccc(F)cc1.O=C(O)/C=C\C(=O)O. The van der Waals surface area contributed by atoms with Gasteiger partial charge in [-0.2, -0.15) is 0 Å². The summed E-state index contributed by atoms with van der Waals surface area (Å²) in [5.74, 6) is -2.96. The number of piperidine rings is 1. The third kappa shape index (κ3) is 7.89. The monoisotopic (exact) mass is 579 g/mol. The molecule has 1 saturated heterocycles. The third-order valence-corrected chi connectivity index (χ3v) is 9.17. The van der Waals surface area contributed by atoms with Crippen LogP contribution in [0.3, 0.4) is 0 Å². The van der Waals surface area contributed by atoms with Crippen LogP contribution in [0, 0.1) is 11.6 Å². The molecular formula is C32H31F2NO5S. The number of hydrogen-bond acceptors (Lipinski definition) is 5. The third-order valence-electron chi connectivity index (χ3n) is 7.33. The Bertz CT molecular complexity index is 1380. The molecule has 2 N–H and O–H groups in total. The molecule has 3 aromatic carbocycles. The minimum absolute atomic E-state index is 0.0749. The van der Waals surface area contributed by atoms with Gasteiger partial charge in [-0.15, -0.1) is 11.8 Å². The van der Waals surface area contributed by atoms with Crippen molar-refractivity contribution in [3.63, 3.8) is 0 Å². The summed E-state index contributed by atoms with van der Waals surface area (Å²) in [4.78, 5) is 33.9. The molecule has 2 aliphatic heterocycles. The number of carbonyl (C=O) groups excluding carboxylic acids is 1. The lowest BCUT2D eigenvalue weighted by atomic mass is 9.84. The Balaban J connectivity index is 0.000000426. The molecule has 0 saturated carbocycles. The topological polar surface area (TPSA) is 94.9 Å². The van der Waals surface area contributed by atoms with Gasteiger partial charge in [0.1, 0.15) is 11.6 Å². The van der Waals surface area contributed by atoms with Crippen molar-refractivity contribution in [1.82, 2.24) is 4.90 Å². The minimum Gasteiger partial charge on any atom is -0.478 e. The van der Waals surface area contributed by atoms with E-state index in [9.17, 15) is 23.2 Å². The number of benzene rings is 3. The number of carboxylic acids is 2. The maximum Gasteiger partial charge on any atom is 0.328 e. The molecule has 1 atom stereocenters.